The summed E-state index contributed by atoms with van der Waals surface area (Å²) in [4.78, 5) is 11.6. The first-order valence-electron chi connectivity index (χ1n) is 16.0. The molecular weight excluding hydrogens is 447 g/mol. The van der Waals surface area contributed by atoms with Crippen molar-refractivity contribution < 1.29 is 9.90 Å². The lowest BCUT2D eigenvalue weighted by molar-refractivity contribution is -0.136. The summed E-state index contributed by atoms with van der Waals surface area (Å²) in [5.41, 5.74) is 0.553. The molecule has 0 aliphatic rings. The molecule has 2 atom stereocenters. The van der Waals surface area contributed by atoms with Crippen molar-refractivity contribution >= 4 is 14.6 Å². The van der Waals surface area contributed by atoms with Gasteiger partial charge >= 0.3 is 5.97 Å². The van der Waals surface area contributed by atoms with Crippen molar-refractivity contribution in [2.24, 2.45) is 5.41 Å². The van der Waals surface area contributed by atoms with Gasteiger partial charge < -0.3 is 5.11 Å². The number of hydrogen-bond acceptors (Lipinski definition) is 1. The highest BCUT2D eigenvalue weighted by atomic mass is 31.1. The second-order valence-electron chi connectivity index (χ2n) is 11.4. The molecule has 0 amide bonds. The molecule has 0 aliphatic heterocycles. The maximum Gasteiger partial charge on any atom is 0.310 e. The van der Waals surface area contributed by atoms with Gasteiger partial charge in [0.05, 0.1) is 5.66 Å². The van der Waals surface area contributed by atoms with Gasteiger partial charge in [0, 0.05) is 0 Å². The zero-order chi connectivity index (χ0) is 26.0. The normalized spacial score (nSPS) is 13.1. The molecule has 0 bridgehead atoms. The Hall–Kier alpha value is -0.100. The first-order valence-corrected chi connectivity index (χ1v) is 17.3. The number of carboxylic acid groups (broad SMARTS) is 1. The molecule has 3 heteroatoms. The third-order valence-corrected chi connectivity index (χ3v) is 9.77. The Kier molecular flexibility index (Phi) is 25.5. The first-order chi connectivity index (χ1) is 17.0. The van der Waals surface area contributed by atoms with Crippen LogP contribution in [-0.4, -0.2) is 22.9 Å². The summed E-state index contributed by atoms with van der Waals surface area (Å²) in [6, 6.07) is 0. The molecule has 0 saturated carbocycles. The van der Waals surface area contributed by atoms with E-state index in [4.69, 9.17) is 0 Å². The van der Waals surface area contributed by atoms with E-state index in [0.717, 1.165) is 19.0 Å². The van der Waals surface area contributed by atoms with E-state index < -0.39 is 5.97 Å². The van der Waals surface area contributed by atoms with Crippen LogP contribution in [0.4, 0.5) is 0 Å². The summed E-state index contributed by atoms with van der Waals surface area (Å²) in [6.07, 6.45) is 33.0. The lowest BCUT2D eigenvalue weighted by Gasteiger charge is -2.35. The van der Waals surface area contributed by atoms with E-state index in [-0.39, 0.29) is 5.66 Å². The van der Waals surface area contributed by atoms with Crippen LogP contribution in [0.25, 0.3) is 0 Å². The van der Waals surface area contributed by atoms with Crippen LogP contribution in [-0.2, 0) is 4.79 Å². The molecule has 35 heavy (non-hydrogen) atoms. The van der Waals surface area contributed by atoms with Gasteiger partial charge in [-0.1, -0.05) is 143 Å². The summed E-state index contributed by atoms with van der Waals surface area (Å²) in [6.45, 7) is 9.29. The van der Waals surface area contributed by atoms with Crippen molar-refractivity contribution in [3.05, 3.63) is 0 Å². The molecule has 1 N–H and O–H groups in total. The lowest BCUT2D eigenvalue weighted by atomic mass is 9.71. The number of carbonyl (C=O) groups is 1. The molecule has 0 saturated heterocycles. The average Bonchev–Trinajstić information content (AvgIpc) is 2.86. The highest BCUT2D eigenvalue weighted by Crippen LogP contribution is 2.41. The van der Waals surface area contributed by atoms with Crippen LogP contribution in [0.3, 0.4) is 0 Å². The van der Waals surface area contributed by atoms with Crippen LogP contribution in [0.5, 0.6) is 0 Å². The Morgan fingerprint density at radius 3 is 1.46 bits per heavy atom. The molecule has 210 valence electrons. The molecule has 0 fully saturated rings. The molecule has 0 spiro atoms. The van der Waals surface area contributed by atoms with Gasteiger partial charge in [0.25, 0.3) is 0 Å². The van der Waals surface area contributed by atoms with E-state index in [2.05, 4.69) is 27.7 Å². The van der Waals surface area contributed by atoms with Crippen LogP contribution < -0.4 is 0 Å². The van der Waals surface area contributed by atoms with Crippen LogP contribution >= 0.6 is 8.58 Å². The van der Waals surface area contributed by atoms with Crippen LogP contribution in [0.1, 0.15) is 182 Å². The molecule has 0 aliphatic carbocycles. The minimum absolute atomic E-state index is 0.0758. The Balaban J connectivity index is 4.01. The molecule has 0 aromatic carbocycles. The van der Waals surface area contributed by atoms with Gasteiger partial charge in [0.2, 0.25) is 0 Å². The fraction of sp³-hybridized carbons (Fsp3) is 0.969. The number of rotatable bonds is 28. The van der Waals surface area contributed by atoms with E-state index in [0.29, 0.717) is 14.0 Å². The third-order valence-electron chi connectivity index (χ3n) is 8.10. The van der Waals surface area contributed by atoms with Gasteiger partial charge in [-0.05, 0) is 50.1 Å². The molecule has 0 aromatic heterocycles. The number of hydrogen-bond donors (Lipinski definition) is 1. The standard InChI is InChI=1S/C32H65O2P/c1-5-9-13-14-20-23-29-35-30(31(33)34)24-21-18-16-15-17-19-22-28-32(25-10-6-2,26-11-7-3)27-12-8-4/h30,35H,5-29H2,1-4H3,(H,33,34). The SMILES string of the molecule is CCCCCCCCPC(CCCCCCCCCC(CCCC)(CCCC)CCCC)C(=O)O. The Morgan fingerprint density at radius 1 is 0.571 bits per heavy atom. The number of carboxylic acids is 1. The Bertz CT molecular complexity index is 429. The number of unbranched alkanes of at least 4 members (excludes halogenated alkanes) is 14. The summed E-state index contributed by atoms with van der Waals surface area (Å²) in [7, 11) is 0.621. The molecule has 0 radical (unpaired) electrons. The van der Waals surface area contributed by atoms with Gasteiger partial charge in [-0.3, -0.25) is 4.79 Å². The molecule has 2 nitrogen and oxygen atoms in total. The van der Waals surface area contributed by atoms with E-state index in [1.165, 1.54) is 141 Å². The van der Waals surface area contributed by atoms with Crippen molar-refractivity contribution in [2.75, 3.05) is 6.16 Å². The fourth-order valence-electron chi connectivity index (χ4n) is 5.63. The lowest BCUT2D eigenvalue weighted by Crippen LogP contribution is -2.21. The third kappa shape index (κ3) is 20.6. The Morgan fingerprint density at radius 2 is 0.971 bits per heavy atom. The van der Waals surface area contributed by atoms with Crippen LogP contribution in [0.15, 0.2) is 0 Å². The highest BCUT2D eigenvalue weighted by Gasteiger charge is 2.27. The van der Waals surface area contributed by atoms with Crippen LogP contribution in [0, 0.1) is 5.41 Å². The predicted molar refractivity (Wildman–Crippen MR) is 161 cm³/mol. The summed E-state index contributed by atoms with van der Waals surface area (Å²) >= 11 is 0. The molecule has 0 rings (SSSR count). The second-order valence-corrected chi connectivity index (χ2v) is 13.0. The zero-order valence-electron chi connectivity index (χ0n) is 24.6. The van der Waals surface area contributed by atoms with Crippen LogP contribution in [0.2, 0.25) is 0 Å². The summed E-state index contributed by atoms with van der Waals surface area (Å²) < 4.78 is 0. The minimum atomic E-state index is -0.549. The molecule has 2 unspecified atom stereocenters. The largest absolute Gasteiger partial charge is 0.481 e. The Labute approximate surface area is 223 Å². The smallest absolute Gasteiger partial charge is 0.310 e. The van der Waals surface area contributed by atoms with E-state index in [9.17, 15) is 9.90 Å². The first kappa shape index (κ1) is 34.9. The van der Waals surface area contributed by atoms with E-state index in [1.807, 2.05) is 0 Å². The maximum atomic E-state index is 11.6. The highest BCUT2D eigenvalue weighted by molar-refractivity contribution is 7.40. The fourth-order valence-corrected chi connectivity index (χ4v) is 7.02. The van der Waals surface area contributed by atoms with Gasteiger partial charge in [-0.2, -0.15) is 0 Å². The molecular formula is C32H65O2P. The topological polar surface area (TPSA) is 37.3 Å². The number of aliphatic carboxylic acids is 1. The van der Waals surface area contributed by atoms with Crippen molar-refractivity contribution in [2.45, 2.75) is 187 Å². The zero-order valence-corrected chi connectivity index (χ0v) is 25.6. The molecule has 0 aromatic rings. The second kappa shape index (κ2) is 25.5. The van der Waals surface area contributed by atoms with Gasteiger partial charge in [0.1, 0.15) is 0 Å². The summed E-state index contributed by atoms with van der Waals surface area (Å²) in [5.74, 6) is -0.549. The molecule has 0 heterocycles. The quantitative estimate of drug-likeness (QED) is 0.0835. The van der Waals surface area contributed by atoms with E-state index >= 15 is 0 Å². The van der Waals surface area contributed by atoms with Crippen molar-refractivity contribution in [1.82, 2.24) is 0 Å². The van der Waals surface area contributed by atoms with Gasteiger partial charge in [0.15, 0.2) is 0 Å². The predicted octanol–water partition coefficient (Wildman–Crippen LogP) is 11.5. The van der Waals surface area contributed by atoms with E-state index in [1.54, 1.807) is 0 Å². The monoisotopic (exact) mass is 512 g/mol. The summed E-state index contributed by atoms with van der Waals surface area (Å²) in [5, 5.41) is 9.58. The van der Waals surface area contributed by atoms with Crippen molar-refractivity contribution in [3.8, 4) is 0 Å². The van der Waals surface area contributed by atoms with Gasteiger partial charge in [-0.25, -0.2) is 0 Å². The van der Waals surface area contributed by atoms with Gasteiger partial charge in [-0.15, -0.1) is 8.58 Å². The average molecular weight is 513 g/mol. The van der Waals surface area contributed by atoms with Crippen molar-refractivity contribution in [1.29, 1.82) is 0 Å². The van der Waals surface area contributed by atoms with Crippen molar-refractivity contribution in [3.63, 3.8) is 0 Å². The minimum Gasteiger partial charge on any atom is -0.481 e. The maximum absolute atomic E-state index is 11.6.